The molecule has 0 aromatic heterocycles. The summed E-state index contributed by atoms with van der Waals surface area (Å²) >= 11 is 0. The Morgan fingerprint density at radius 3 is 2.72 bits per heavy atom. The largest absolute Gasteiger partial charge is 0.475 e. The molecule has 5 aliphatic rings. The first kappa shape index (κ1) is 11.7. The smallest absolute Gasteiger partial charge is 0.404 e. The number of hydrogen-bond acceptors (Lipinski definition) is 3. The Kier molecular flexibility index (Phi) is 2.30. The van der Waals surface area contributed by atoms with Crippen molar-refractivity contribution in [2.45, 2.75) is 64.1 Å². The zero-order valence-electron chi connectivity index (χ0n) is 11.7. The normalized spacial score (nSPS) is 53.2. The molecule has 1 N–H and O–H groups in total. The lowest BCUT2D eigenvalue weighted by molar-refractivity contribution is -0.199. The maximum Gasteiger partial charge on any atom is 0.475 e. The Balaban J connectivity index is 1.57. The van der Waals surface area contributed by atoms with Crippen LogP contribution in [0.3, 0.4) is 0 Å². The van der Waals surface area contributed by atoms with Gasteiger partial charge in [-0.25, -0.2) is 0 Å². The van der Waals surface area contributed by atoms with Gasteiger partial charge in [0.2, 0.25) is 0 Å². The minimum atomic E-state index is -0.0345. The van der Waals surface area contributed by atoms with Crippen molar-refractivity contribution in [2.24, 2.45) is 17.3 Å². The van der Waals surface area contributed by atoms with Gasteiger partial charge in [0.05, 0.1) is 11.7 Å². The van der Waals surface area contributed by atoms with Crippen molar-refractivity contribution in [3.05, 3.63) is 0 Å². The van der Waals surface area contributed by atoms with Gasteiger partial charge in [-0.15, -0.1) is 0 Å². The first-order chi connectivity index (χ1) is 8.52. The molecule has 0 aromatic rings. The molecule has 2 aliphatic heterocycles. The Labute approximate surface area is 110 Å². The van der Waals surface area contributed by atoms with Crippen LogP contribution in [0.1, 0.15) is 46.5 Å². The second kappa shape index (κ2) is 3.53. The van der Waals surface area contributed by atoms with Crippen LogP contribution in [-0.4, -0.2) is 31.3 Å². The number of nitrogens with one attached hydrogen (secondary N) is 1. The van der Waals surface area contributed by atoms with Crippen molar-refractivity contribution in [2.75, 3.05) is 6.54 Å². The Morgan fingerprint density at radius 1 is 1.22 bits per heavy atom. The molecule has 5 rings (SSSR count). The molecule has 2 saturated heterocycles. The monoisotopic (exact) mass is 249 g/mol. The highest BCUT2D eigenvalue weighted by Crippen LogP contribution is 2.65. The molecule has 0 radical (unpaired) electrons. The molecule has 3 nitrogen and oxygen atoms in total. The first-order valence-corrected chi connectivity index (χ1v) is 7.58. The summed E-state index contributed by atoms with van der Waals surface area (Å²) in [7, 11) is -0.00218. The van der Waals surface area contributed by atoms with E-state index < -0.39 is 0 Å². The molecule has 5 fully saturated rings. The molecule has 0 aromatic carbocycles. The van der Waals surface area contributed by atoms with Crippen LogP contribution >= 0.6 is 0 Å². The average Bonchev–Trinajstić information content (AvgIpc) is 2.92. The van der Waals surface area contributed by atoms with Crippen LogP contribution in [-0.2, 0) is 9.31 Å². The van der Waals surface area contributed by atoms with Crippen molar-refractivity contribution in [3.63, 3.8) is 0 Å². The van der Waals surface area contributed by atoms with Gasteiger partial charge in [-0.1, -0.05) is 13.8 Å². The molecule has 4 heteroatoms. The molecule has 100 valence electrons. The second-order valence-electron chi connectivity index (χ2n) is 7.54. The fraction of sp³-hybridized carbons (Fsp3) is 1.00. The van der Waals surface area contributed by atoms with Crippen molar-refractivity contribution < 1.29 is 9.31 Å². The molecular formula is C14H24BNO2. The molecule has 18 heavy (non-hydrogen) atoms. The maximum atomic E-state index is 6.44. The zero-order chi connectivity index (χ0) is 12.5. The summed E-state index contributed by atoms with van der Waals surface area (Å²) in [4.78, 5) is 0. The van der Waals surface area contributed by atoms with Gasteiger partial charge < -0.3 is 14.6 Å². The van der Waals surface area contributed by atoms with Crippen LogP contribution in [0.25, 0.3) is 0 Å². The van der Waals surface area contributed by atoms with Gasteiger partial charge in [0.1, 0.15) is 0 Å². The summed E-state index contributed by atoms with van der Waals surface area (Å²) in [6.07, 6.45) is 5.33. The summed E-state index contributed by atoms with van der Waals surface area (Å²) in [5, 5.41) is 3.52. The van der Waals surface area contributed by atoms with Gasteiger partial charge in [0, 0.05) is 5.94 Å². The predicted octanol–water partition coefficient (Wildman–Crippen LogP) is 2.01. The molecule has 0 amide bonds. The van der Waals surface area contributed by atoms with Crippen LogP contribution in [0.15, 0.2) is 0 Å². The van der Waals surface area contributed by atoms with E-state index in [4.69, 9.17) is 9.31 Å². The Hall–Kier alpha value is -0.0551. The van der Waals surface area contributed by atoms with Gasteiger partial charge >= 0.3 is 7.12 Å². The van der Waals surface area contributed by atoms with Crippen molar-refractivity contribution in [1.82, 2.24) is 5.32 Å². The SMILES string of the molecule is CC1(C)[C@H]2C[C@H]3OB([C@H]4CCCN4)O[C@]3(C)[C@H]1C2. The highest BCUT2D eigenvalue weighted by molar-refractivity contribution is 6.47. The number of rotatable bonds is 1. The van der Waals surface area contributed by atoms with Crippen LogP contribution < -0.4 is 5.32 Å². The van der Waals surface area contributed by atoms with E-state index >= 15 is 0 Å². The van der Waals surface area contributed by atoms with E-state index in [9.17, 15) is 0 Å². The van der Waals surface area contributed by atoms with Gasteiger partial charge in [-0.2, -0.15) is 0 Å². The summed E-state index contributed by atoms with van der Waals surface area (Å²) in [6.45, 7) is 8.25. The lowest BCUT2D eigenvalue weighted by Crippen LogP contribution is -2.65. The predicted molar refractivity (Wildman–Crippen MR) is 71.1 cm³/mol. The molecule has 0 unspecified atom stereocenters. The van der Waals surface area contributed by atoms with Gasteiger partial charge in [-0.05, 0) is 56.4 Å². The third kappa shape index (κ3) is 1.32. The molecule has 0 spiro atoms. The van der Waals surface area contributed by atoms with Crippen LogP contribution in [0, 0.1) is 17.3 Å². The third-order valence-corrected chi connectivity index (χ3v) is 6.40. The van der Waals surface area contributed by atoms with E-state index in [-0.39, 0.29) is 12.7 Å². The Bertz CT molecular complexity index is 369. The third-order valence-electron chi connectivity index (χ3n) is 6.40. The van der Waals surface area contributed by atoms with Crippen molar-refractivity contribution in [3.8, 4) is 0 Å². The number of hydrogen-bond donors (Lipinski definition) is 1. The Morgan fingerprint density at radius 2 is 2.06 bits per heavy atom. The minimum absolute atomic E-state index is 0.00218. The minimum Gasteiger partial charge on any atom is -0.404 e. The summed E-state index contributed by atoms with van der Waals surface area (Å²) in [5.74, 6) is 1.95. The standard InChI is InChI=1S/C14H24BNO2/c1-13(2)9-7-10(13)14(3)11(8-9)17-15(18-14)12-5-4-6-16-12/h9-12,16H,4-8H2,1-3H3/t9-,10+,11-,12-,14-/m1/s1. The highest BCUT2D eigenvalue weighted by Gasteiger charge is 2.68. The van der Waals surface area contributed by atoms with Crippen LogP contribution in [0.4, 0.5) is 0 Å². The van der Waals surface area contributed by atoms with Gasteiger partial charge in [-0.3, -0.25) is 0 Å². The highest BCUT2D eigenvalue weighted by atomic mass is 16.7. The first-order valence-electron chi connectivity index (χ1n) is 7.58. The quantitative estimate of drug-likeness (QED) is 0.721. The lowest BCUT2D eigenvalue weighted by Gasteiger charge is -2.64. The van der Waals surface area contributed by atoms with Crippen molar-refractivity contribution >= 4 is 7.12 Å². The van der Waals surface area contributed by atoms with Gasteiger partial charge in [0.15, 0.2) is 0 Å². The molecule has 2 bridgehead atoms. The molecule has 2 heterocycles. The summed E-state index contributed by atoms with van der Waals surface area (Å²) < 4.78 is 12.7. The van der Waals surface area contributed by atoms with E-state index in [1.165, 1.54) is 25.7 Å². The van der Waals surface area contributed by atoms with Crippen LogP contribution in [0.2, 0.25) is 0 Å². The topological polar surface area (TPSA) is 30.5 Å². The van der Waals surface area contributed by atoms with E-state index in [1.54, 1.807) is 0 Å². The van der Waals surface area contributed by atoms with Crippen LogP contribution in [0.5, 0.6) is 0 Å². The lowest BCUT2D eigenvalue weighted by atomic mass is 9.43. The fourth-order valence-corrected chi connectivity index (χ4v) is 5.01. The molecule has 3 saturated carbocycles. The summed E-state index contributed by atoms with van der Waals surface area (Å²) in [5.41, 5.74) is 0.416. The van der Waals surface area contributed by atoms with E-state index in [1.807, 2.05) is 0 Å². The van der Waals surface area contributed by atoms with Gasteiger partial charge in [0.25, 0.3) is 0 Å². The van der Waals surface area contributed by atoms with E-state index in [0.717, 1.165) is 12.5 Å². The maximum absolute atomic E-state index is 6.44. The van der Waals surface area contributed by atoms with E-state index in [0.29, 0.717) is 23.4 Å². The molecule has 3 aliphatic carbocycles. The summed E-state index contributed by atoms with van der Waals surface area (Å²) in [6, 6.07) is 0. The molecule has 5 atom stereocenters. The second-order valence-corrected chi connectivity index (χ2v) is 7.54. The van der Waals surface area contributed by atoms with E-state index in [2.05, 4.69) is 26.1 Å². The zero-order valence-corrected chi connectivity index (χ0v) is 11.7. The fourth-order valence-electron chi connectivity index (χ4n) is 5.01. The molecular weight excluding hydrogens is 225 g/mol. The average molecular weight is 249 g/mol. The van der Waals surface area contributed by atoms with Crippen molar-refractivity contribution in [1.29, 1.82) is 0 Å².